The number of hydrogen-bond donors (Lipinski definition) is 1. The maximum absolute atomic E-state index is 5.21. The van der Waals surface area contributed by atoms with Crippen LogP contribution in [-0.4, -0.2) is 0 Å². The van der Waals surface area contributed by atoms with Crippen LogP contribution in [-0.2, 0) is 4.84 Å². The van der Waals surface area contributed by atoms with E-state index in [1.54, 1.807) is 6.26 Å². The van der Waals surface area contributed by atoms with Crippen LogP contribution in [0.1, 0.15) is 18.6 Å². The highest BCUT2D eigenvalue weighted by molar-refractivity contribution is 5.77. The first kappa shape index (κ1) is 8.29. The minimum atomic E-state index is -0.0840. The minimum Gasteiger partial charge on any atom is -0.464 e. The average molecular weight is 177 g/mol. The summed E-state index contributed by atoms with van der Waals surface area (Å²) in [6.45, 7) is 1.90. The van der Waals surface area contributed by atoms with Gasteiger partial charge >= 0.3 is 0 Å². The molecule has 3 heteroatoms. The standard InChI is InChI=1S/C10H11NO2/c1-7(13-11)8-2-3-10-9(6-8)4-5-12-10/h2-7H,11H2,1H3. The van der Waals surface area contributed by atoms with Gasteiger partial charge in [0.1, 0.15) is 11.7 Å². The van der Waals surface area contributed by atoms with Gasteiger partial charge in [0.05, 0.1) is 6.26 Å². The highest BCUT2D eigenvalue weighted by Gasteiger charge is 2.05. The van der Waals surface area contributed by atoms with Crippen molar-refractivity contribution < 1.29 is 9.25 Å². The van der Waals surface area contributed by atoms with Crippen molar-refractivity contribution in [2.45, 2.75) is 13.0 Å². The molecular weight excluding hydrogens is 166 g/mol. The molecule has 1 heterocycles. The lowest BCUT2D eigenvalue weighted by Crippen LogP contribution is -2.04. The smallest absolute Gasteiger partial charge is 0.133 e. The molecule has 0 saturated heterocycles. The Kier molecular flexibility index (Phi) is 2.04. The number of fused-ring (bicyclic) bond motifs is 1. The Labute approximate surface area is 76.0 Å². The quantitative estimate of drug-likeness (QED) is 0.716. The molecule has 0 fully saturated rings. The number of nitrogens with two attached hydrogens (primary N) is 1. The predicted molar refractivity (Wildman–Crippen MR) is 49.9 cm³/mol. The van der Waals surface area contributed by atoms with Crippen LogP contribution in [0.25, 0.3) is 11.0 Å². The summed E-state index contributed by atoms with van der Waals surface area (Å²) in [4.78, 5) is 4.73. The second-order valence-corrected chi connectivity index (χ2v) is 3.00. The number of benzene rings is 1. The van der Waals surface area contributed by atoms with Crippen LogP contribution >= 0.6 is 0 Å². The molecule has 3 nitrogen and oxygen atoms in total. The van der Waals surface area contributed by atoms with E-state index >= 15 is 0 Å². The molecule has 2 N–H and O–H groups in total. The van der Waals surface area contributed by atoms with Crippen LogP contribution in [0.5, 0.6) is 0 Å². The third kappa shape index (κ3) is 1.43. The molecule has 0 bridgehead atoms. The third-order valence-electron chi connectivity index (χ3n) is 2.15. The SMILES string of the molecule is CC(ON)c1ccc2occc2c1. The number of furan rings is 1. The van der Waals surface area contributed by atoms with E-state index in [0.717, 1.165) is 16.5 Å². The van der Waals surface area contributed by atoms with Crippen molar-refractivity contribution in [1.29, 1.82) is 0 Å². The van der Waals surface area contributed by atoms with Crippen molar-refractivity contribution in [3.63, 3.8) is 0 Å². The summed E-state index contributed by atoms with van der Waals surface area (Å²) in [5.41, 5.74) is 1.93. The van der Waals surface area contributed by atoms with E-state index < -0.39 is 0 Å². The summed E-state index contributed by atoms with van der Waals surface area (Å²) in [6, 6.07) is 7.79. The molecule has 0 amide bonds. The van der Waals surface area contributed by atoms with E-state index in [4.69, 9.17) is 15.2 Å². The van der Waals surface area contributed by atoms with E-state index in [2.05, 4.69) is 0 Å². The molecule has 2 rings (SSSR count). The molecule has 0 aliphatic heterocycles. The maximum Gasteiger partial charge on any atom is 0.133 e. The molecule has 13 heavy (non-hydrogen) atoms. The van der Waals surface area contributed by atoms with Gasteiger partial charge in [-0.1, -0.05) is 6.07 Å². The topological polar surface area (TPSA) is 48.4 Å². The van der Waals surface area contributed by atoms with Crippen molar-refractivity contribution >= 4 is 11.0 Å². The molecule has 0 aliphatic rings. The lowest BCUT2D eigenvalue weighted by atomic mass is 10.1. The van der Waals surface area contributed by atoms with Crippen LogP contribution in [0.15, 0.2) is 34.9 Å². The van der Waals surface area contributed by atoms with Gasteiger partial charge in [-0.25, -0.2) is 5.90 Å². The lowest BCUT2D eigenvalue weighted by Gasteiger charge is -2.07. The summed E-state index contributed by atoms with van der Waals surface area (Å²) in [7, 11) is 0. The van der Waals surface area contributed by atoms with Gasteiger partial charge in [0.25, 0.3) is 0 Å². The fourth-order valence-corrected chi connectivity index (χ4v) is 1.32. The number of rotatable bonds is 2. The molecule has 2 aromatic rings. The van der Waals surface area contributed by atoms with Gasteiger partial charge in [-0.3, -0.25) is 4.84 Å². The van der Waals surface area contributed by atoms with Gasteiger partial charge in [-0.2, -0.15) is 0 Å². The van der Waals surface area contributed by atoms with Crippen LogP contribution in [0.2, 0.25) is 0 Å². The molecule has 68 valence electrons. The fourth-order valence-electron chi connectivity index (χ4n) is 1.32. The zero-order valence-electron chi connectivity index (χ0n) is 7.36. The Balaban J connectivity index is 2.48. The molecular formula is C10H11NO2. The molecule has 1 unspecified atom stereocenters. The summed E-state index contributed by atoms with van der Waals surface area (Å²) >= 11 is 0. The summed E-state index contributed by atoms with van der Waals surface area (Å²) < 4.78 is 5.21. The first-order valence-corrected chi connectivity index (χ1v) is 4.14. The van der Waals surface area contributed by atoms with Crippen LogP contribution < -0.4 is 5.90 Å². The fraction of sp³-hybridized carbons (Fsp3) is 0.200. The monoisotopic (exact) mass is 177 g/mol. The molecule has 0 radical (unpaired) electrons. The van der Waals surface area contributed by atoms with Crippen LogP contribution in [0.4, 0.5) is 0 Å². The normalized spacial score (nSPS) is 13.4. The highest BCUT2D eigenvalue weighted by atomic mass is 16.6. The molecule has 1 aromatic heterocycles. The summed E-state index contributed by atoms with van der Waals surface area (Å²) in [5, 5.41) is 1.07. The van der Waals surface area contributed by atoms with Gasteiger partial charge in [0.15, 0.2) is 0 Å². The molecule has 0 aliphatic carbocycles. The zero-order chi connectivity index (χ0) is 9.26. The highest BCUT2D eigenvalue weighted by Crippen LogP contribution is 2.21. The summed E-state index contributed by atoms with van der Waals surface area (Å²) in [6.07, 6.45) is 1.59. The van der Waals surface area contributed by atoms with Gasteiger partial charge in [-0.05, 0) is 30.7 Å². The maximum atomic E-state index is 5.21. The van der Waals surface area contributed by atoms with Gasteiger partial charge in [0, 0.05) is 5.39 Å². The van der Waals surface area contributed by atoms with Crippen LogP contribution in [0, 0.1) is 0 Å². The average Bonchev–Trinajstić information content (AvgIpc) is 2.63. The van der Waals surface area contributed by atoms with Crippen molar-refractivity contribution in [1.82, 2.24) is 0 Å². The zero-order valence-corrected chi connectivity index (χ0v) is 7.36. The van der Waals surface area contributed by atoms with E-state index in [1.807, 2.05) is 31.2 Å². The van der Waals surface area contributed by atoms with Gasteiger partial charge < -0.3 is 4.42 Å². The van der Waals surface area contributed by atoms with Gasteiger partial charge in [0.2, 0.25) is 0 Å². The van der Waals surface area contributed by atoms with E-state index in [9.17, 15) is 0 Å². The summed E-state index contributed by atoms with van der Waals surface area (Å²) in [5.74, 6) is 5.10. The van der Waals surface area contributed by atoms with Gasteiger partial charge in [-0.15, -0.1) is 0 Å². The van der Waals surface area contributed by atoms with Crippen molar-refractivity contribution in [3.8, 4) is 0 Å². The molecule has 1 aromatic carbocycles. The van der Waals surface area contributed by atoms with E-state index in [0.29, 0.717) is 0 Å². The number of hydrogen-bond acceptors (Lipinski definition) is 3. The minimum absolute atomic E-state index is 0.0840. The molecule has 0 spiro atoms. The second-order valence-electron chi connectivity index (χ2n) is 3.00. The Morgan fingerprint density at radius 1 is 1.38 bits per heavy atom. The Morgan fingerprint density at radius 3 is 3.00 bits per heavy atom. The Bertz CT molecular complexity index is 408. The Morgan fingerprint density at radius 2 is 2.23 bits per heavy atom. The predicted octanol–water partition coefficient (Wildman–Crippen LogP) is 2.38. The molecule has 1 atom stereocenters. The first-order chi connectivity index (χ1) is 6.31. The van der Waals surface area contributed by atoms with Crippen LogP contribution in [0.3, 0.4) is 0 Å². The Hall–Kier alpha value is -1.32. The molecule has 0 saturated carbocycles. The van der Waals surface area contributed by atoms with Crippen molar-refractivity contribution in [3.05, 3.63) is 36.1 Å². The van der Waals surface area contributed by atoms with E-state index in [-0.39, 0.29) is 6.10 Å². The second kappa shape index (κ2) is 3.20. The lowest BCUT2D eigenvalue weighted by molar-refractivity contribution is 0.0665. The van der Waals surface area contributed by atoms with E-state index in [1.165, 1.54) is 0 Å². The first-order valence-electron chi connectivity index (χ1n) is 4.14. The largest absolute Gasteiger partial charge is 0.464 e. The third-order valence-corrected chi connectivity index (χ3v) is 2.15. The van der Waals surface area contributed by atoms with Crippen molar-refractivity contribution in [2.24, 2.45) is 5.90 Å². The van der Waals surface area contributed by atoms with Crippen molar-refractivity contribution in [2.75, 3.05) is 0 Å².